The summed E-state index contributed by atoms with van der Waals surface area (Å²) in [5, 5.41) is 5.54. The summed E-state index contributed by atoms with van der Waals surface area (Å²) in [7, 11) is 1.95. The molecule has 0 spiro atoms. The number of rotatable bonds is 4. The highest BCUT2D eigenvalue weighted by Crippen LogP contribution is 2.36. The van der Waals surface area contributed by atoms with E-state index >= 15 is 0 Å². The molecular weight excluding hydrogens is 266 g/mol. The molecule has 0 fully saturated rings. The number of nitrogens with two attached hydrogens (primary N) is 1. The third-order valence-corrected chi connectivity index (χ3v) is 4.55. The van der Waals surface area contributed by atoms with Gasteiger partial charge in [-0.3, -0.25) is 4.68 Å². The lowest BCUT2D eigenvalue weighted by Crippen LogP contribution is -1.94. The second-order valence-electron chi connectivity index (χ2n) is 5.71. The fourth-order valence-corrected chi connectivity index (χ4v) is 3.01. The van der Waals surface area contributed by atoms with Gasteiger partial charge in [-0.1, -0.05) is 51.6 Å². The average molecular weight is 289 g/mol. The second-order valence-corrected chi connectivity index (χ2v) is 6.77. The molecule has 2 aromatic rings. The van der Waals surface area contributed by atoms with Gasteiger partial charge in [-0.2, -0.15) is 5.10 Å². The lowest BCUT2D eigenvalue weighted by molar-refractivity contribution is 0.671. The Labute approximate surface area is 125 Å². The summed E-state index contributed by atoms with van der Waals surface area (Å²) in [5.41, 5.74) is 9.37. The molecule has 0 amide bonds. The molecule has 0 unspecified atom stereocenters. The fourth-order valence-electron chi connectivity index (χ4n) is 2.12. The number of hydrogen-bond acceptors (Lipinski definition) is 3. The molecular formula is C16H23N3S. The van der Waals surface area contributed by atoms with Gasteiger partial charge in [0, 0.05) is 11.9 Å². The summed E-state index contributed by atoms with van der Waals surface area (Å²) < 4.78 is 1.88. The molecule has 20 heavy (non-hydrogen) atoms. The van der Waals surface area contributed by atoms with Crippen LogP contribution in [0.15, 0.2) is 34.2 Å². The summed E-state index contributed by atoms with van der Waals surface area (Å²) in [5.74, 6) is 0.905. The van der Waals surface area contributed by atoms with Gasteiger partial charge in [-0.15, -0.1) is 0 Å². The average Bonchev–Trinajstić information content (AvgIpc) is 2.67. The lowest BCUT2D eigenvalue weighted by Gasteiger charge is -2.07. The van der Waals surface area contributed by atoms with Crippen molar-refractivity contribution in [2.45, 2.75) is 49.5 Å². The highest BCUT2D eigenvalue weighted by molar-refractivity contribution is 7.99. The van der Waals surface area contributed by atoms with E-state index in [0.29, 0.717) is 11.8 Å². The van der Waals surface area contributed by atoms with Gasteiger partial charge in [0.05, 0.1) is 11.4 Å². The predicted octanol–water partition coefficient (Wildman–Crippen LogP) is 4.40. The zero-order valence-corrected chi connectivity index (χ0v) is 13.7. The molecule has 0 aliphatic carbocycles. The molecule has 1 aromatic carbocycles. The molecule has 0 bridgehead atoms. The minimum atomic E-state index is 0.346. The number of benzene rings is 1. The van der Waals surface area contributed by atoms with Crippen LogP contribution < -0.4 is 5.73 Å². The molecule has 4 heteroatoms. The van der Waals surface area contributed by atoms with Crippen LogP contribution in [0, 0.1) is 0 Å². The Kier molecular flexibility index (Phi) is 4.43. The zero-order chi connectivity index (χ0) is 14.9. The van der Waals surface area contributed by atoms with Crippen LogP contribution in [0.5, 0.6) is 0 Å². The van der Waals surface area contributed by atoms with E-state index in [2.05, 4.69) is 57.1 Å². The van der Waals surface area contributed by atoms with Gasteiger partial charge in [-0.05, 0) is 29.5 Å². The Morgan fingerprint density at radius 2 is 1.65 bits per heavy atom. The van der Waals surface area contributed by atoms with Crippen molar-refractivity contribution in [1.29, 1.82) is 0 Å². The molecule has 0 radical (unpaired) electrons. The molecule has 0 aliphatic rings. The summed E-state index contributed by atoms with van der Waals surface area (Å²) >= 11 is 1.67. The Hall–Kier alpha value is -1.42. The van der Waals surface area contributed by atoms with Gasteiger partial charge in [0.25, 0.3) is 0 Å². The maximum Gasteiger partial charge on any atom is 0.122 e. The second kappa shape index (κ2) is 5.92. The first-order chi connectivity index (χ1) is 9.40. The molecule has 0 saturated carbocycles. The van der Waals surface area contributed by atoms with Gasteiger partial charge in [0.2, 0.25) is 0 Å². The van der Waals surface area contributed by atoms with E-state index in [1.807, 2.05) is 11.7 Å². The first-order valence-corrected chi connectivity index (χ1v) is 7.82. The molecule has 2 N–H and O–H groups in total. The summed E-state index contributed by atoms with van der Waals surface area (Å²) in [6.07, 6.45) is 0. The van der Waals surface area contributed by atoms with Crippen LogP contribution in [-0.2, 0) is 7.05 Å². The van der Waals surface area contributed by atoms with Gasteiger partial charge in [-0.25, -0.2) is 0 Å². The number of nitrogens with zero attached hydrogens (tertiary/aromatic N) is 2. The van der Waals surface area contributed by atoms with E-state index in [-0.39, 0.29) is 0 Å². The molecule has 1 heterocycles. The van der Waals surface area contributed by atoms with Crippen LogP contribution in [-0.4, -0.2) is 9.78 Å². The van der Waals surface area contributed by atoms with Crippen LogP contribution in [0.25, 0.3) is 0 Å². The molecule has 108 valence electrons. The quantitative estimate of drug-likeness (QED) is 0.907. The minimum absolute atomic E-state index is 0.346. The Morgan fingerprint density at radius 1 is 1.05 bits per heavy atom. The molecule has 2 rings (SSSR count). The number of aryl methyl sites for hydroxylation is 1. The van der Waals surface area contributed by atoms with Crippen molar-refractivity contribution in [3.63, 3.8) is 0 Å². The van der Waals surface area contributed by atoms with Crippen LogP contribution in [0.4, 0.5) is 5.69 Å². The lowest BCUT2D eigenvalue weighted by atomic mass is 10.0. The van der Waals surface area contributed by atoms with E-state index in [4.69, 9.17) is 5.73 Å². The highest BCUT2D eigenvalue weighted by Gasteiger charge is 2.16. The molecule has 1 aromatic heterocycles. The maximum atomic E-state index is 6.23. The van der Waals surface area contributed by atoms with Gasteiger partial charge < -0.3 is 5.73 Å². The third kappa shape index (κ3) is 3.01. The van der Waals surface area contributed by atoms with Crippen LogP contribution in [0.2, 0.25) is 0 Å². The Balaban J connectivity index is 2.26. The first-order valence-electron chi connectivity index (χ1n) is 7.00. The number of hydrogen-bond donors (Lipinski definition) is 1. The predicted molar refractivity (Wildman–Crippen MR) is 86.4 cm³/mol. The number of anilines is 1. The number of aromatic nitrogens is 2. The topological polar surface area (TPSA) is 43.8 Å². The van der Waals surface area contributed by atoms with Crippen LogP contribution in [0.1, 0.15) is 50.8 Å². The van der Waals surface area contributed by atoms with Crippen LogP contribution in [0.3, 0.4) is 0 Å². The van der Waals surface area contributed by atoms with Crippen molar-refractivity contribution in [3.8, 4) is 0 Å². The van der Waals surface area contributed by atoms with Gasteiger partial charge >= 0.3 is 0 Å². The van der Waals surface area contributed by atoms with Gasteiger partial charge in [0.15, 0.2) is 0 Å². The Bertz CT molecular complexity index is 583. The third-order valence-electron chi connectivity index (χ3n) is 3.37. The van der Waals surface area contributed by atoms with Crippen molar-refractivity contribution < 1.29 is 0 Å². The van der Waals surface area contributed by atoms with E-state index in [1.165, 1.54) is 10.5 Å². The van der Waals surface area contributed by atoms with Crippen molar-refractivity contribution in [2.24, 2.45) is 7.05 Å². The SMILES string of the molecule is CC(C)c1ccc(Sc2c(N)c(C(C)C)nn2C)cc1. The molecule has 3 nitrogen and oxygen atoms in total. The van der Waals surface area contributed by atoms with Crippen molar-refractivity contribution in [3.05, 3.63) is 35.5 Å². The van der Waals surface area contributed by atoms with E-state index < -0.39 is 0 Å². The van der Waals surface area contributed by atoms with E-state index in [9.17, 15) is 0 Å². The monoisotopic (exact) mass is 289 g/mol. The fraction of sp³-hybridized carbons (Fsp3) is 0.438. The standard InChI is InChI=1S/C16H23N3S/c1-10(2)12-6-8-13(9-7-12)20-16-14(17)15(11(3)4)18-19(16)5/h6-11H,17H2,1-5H3. The zero-order valence-electron chi connectivity index (χ0n) is 12.8. The Morgan fingerprint density at radius 3 is 2.10 bits per heavy atom. The summed E-state index contributed by atoms with van der Waals surface area (Å²) in [6, 6.07) is 8.68. The minimum Gasteiger partial charge on any atom is -0.395 e. The highest BCUT2D eigenvalue weighted by atomic mass is 32.2. The summed E-state index contributed by atoms with van der Waals surface area (Å²) in [4.78, 5) is 1.19. The van der Waals surface area contributed by atoms with Crippen molar-refractivity contribution >= 4 is 17.4 Å². The van der Waals surface area contributed by atoms with E-state index in [0.717, 1.165) is 16.4 Å². The molecule has 0 atom stereocenters. The maximum absolute atomic E-state index is 6.23. The number of nitrogen functional groups attached to an aromatic ring is 1. The van der Waals surface area contributed by atoms with Crippen LogP contribution >= 0.6 is 11.8 Å². The summed E-state index contributed by atoms with van der Waals surface area (Å²) in [6.45, 7) is 8.64. The van der Waals surface area contributed by atoms with Crippen molar-refractivity contribution in [2.75, 3.05) is 5.73 Å². The smallest absolute Gasteiger partial charge is 0.122 e. The normalized spacial score (nSPS) is 11.6. The molecule has 0 aliphatic heterocycles. The van der Waals surface area contributed by atoms with Crippen molar-refractivity contribution in [1.82, 2.24) is 9.78 Å². The first kappa shape index (κ1) is 15.0. The van der Waals surface area contributed by atoms with Gasteiger partial charge in [0.1, 0.15) is 5.03 Å². The van der Waals surface area contributed by atoms with E-state index in [1.54, 1.807) is 11.8 Å². The molecule has 0 saturated heterocycles. The largest absolute Gasteiger partial charge is 0.395 e.